The number of fused-ring (bicyclic) bond motifs is 1. The number of aromatic nitrogens is 2. The molecule has 2 aromatic rings. The summed E-state index contributed by atoms with van der Waals surface area (Å²) < 4.78 is 2.41. The van der Waals surface area contributed by atoms with Crippen molar-refractivity contribution >= 4 is 11.0 Å². The molecule has 0 saturated heterocycles. The molecule has 110 valence electrons. The zero-order valence-corrected chi connectivity index (χ0v) is 14.0. The monoisotopic (exact) mass is 272 g/mol. The number of nitrogens with zero attached hydrogens (tertiary/aromatic N) is 2. The number of imidazole rings is 1. The molecular formula is C18H28N2. The molecule has 0 radical (unpaired) electrons. The molecule has 2 rings (SSSR count). The molecule has 0 bridgehead atoms. The Hall–Kier alpha value is -1.31. The SMILES string of the molecule is CC(C)Cn1c(C(C)(C)C)nc2cc(C(C)C)ccc21. The van der Waals surface area contributed by atoms with Crippen LogP contribution in [-0.4, -0.2) is 9.55 Å². The minimum absolute atomic E-state index is 0.0753. The number of rotatable bonds is 3. The standard InChI is InChI=1S/C18H28N2/c1-12(2)11-20-16-9-8-14(13(3)4)10-15(16)19-17(20)18(5,6)7/h8-10,12-13H,11H2,1-7H3. The molecule has 0 fully saturated rings. The van der Waals surface area contributed by atoms with Crippen molar-refractivity contribution in [3.8, 4) is 0 Å². The molecule has 0 unspecified atom stereocenters. The van der Waals surface area contributed by atoms with Crippen LogP contribution in [0.15, 0.2) is 18.2 Å². The molecule has 1 aromatic heterocycles. The lowest BCUT2D eigenvalue weighted by Crippen LogP contribution is -2.20. The quantitative estimate of drug-likeness (QED) is 0.759. The molecule has 20 heavy (non-hydrogen) atoms. The third-order valence-electron chi connectivity index (χ3n) is 3.66. The van der Waals surface area contributed by atoms with Gasteiger partial charge in [-0.1, -0.05) is 54.5 Å². The summed E-state index contributed by atoms with van der Waals surface area (Å²) in [5, 5.41) is 0. The van der Waals surface area contributed by atoms with Gasteiger partial charge in [0, 0.05) is 12.0 Å². The molecule has 0 aliphatic carbocycles. The van der Waals surface area contributed by atoms with E-state index in [2.05, 4.69) is 71.2 Å². The van der Waals surface area contributed by atoms with Crippen LogP contribution >= 0.6 is 0 Å². The van der Waals surface area contributed by atoms with Gasteiger partial charge in [0.05, 0.1) is 11.0 Å². The van der Waals surface area contributed by atoms with Crippen molar-refractivity contribution in [2.24, 2.45) is 5.92 Å². The molecular weight excluding hydrogens is 244 g/mol. The summed E-state index contributed by atoms with van der Waals surface area (Å²) >= 11 is 0. The third-order valence-corrected chi connectivity index (χ3v) is 3.66. The predicted octanol–water partition coefficient (Wildman–Crippen LogP) is 5.11. The molecule has 0 aliphatic heterocycles. The highest BCUT2D eigenvalue weighted by Crippen LogP contribution is 2.29. The van der Waals surface area contributed by atoms with Gasteiger partial charge >= 0.3 is 0 Å². The van der Waals surface area contributed by atoms with Crippen molar-refractivity contribution in [3.05, 3.63) is 29.6 Å². The zero-order valence-electron chi connectivity index (χ0n) is 14.0. The first-order valence-electron chi connectivity index (χ1n) is 7.71. The first kappa shape index (κ1) is 15.1. The van der Waals surface area contributed by atoms with Gasteiger partial charge in [0.2, 0.25) is 0 Å². The highest BCUT2D eigenvalue weighted by atomic mass is 15.1. The number of hydrogen-bond acceptors (Lipinski definition) is 1. The molecule has 0 N–H and O–H groups in total. The van der Waals surface area contributed by atoms with Crippen molar-refractivity contribution in [1.82, 2.24) is 9.55 Å². The van der Waals surface area contributed by atoms with E-state index in [0.717, 1.165) is 12.1 Å². The van der Waals surface area contributed by atoms with Crippen LogP contribution < -0.4 is 0 Å². The van der Waals surface area contributed by atoms with Crippen molar-refractivity contribution in [3.63, 3.8) is 0 Å². The fourth-order valence-electron chi connectivity index (χ4n) is 2.63. The normalized spacial score (nSPS) is 12.8. The highest BCUT2D eigenvalue weighted by molar-refractivity contribution is 5.77. The Morgan fingerprint density at radius 1 is 1.10 bits per heavy atom. The first-order chi connectivity index (χ1) is 9.20. The predicted molar refractivity (Wildman–Crippen MR) is 87.4 cm³/mol. The van der Waals surface area contributed by atoms with Crippen LogP contribution in [0.4, 0.5) is 0 Å². The van der Waals surface area contributed by atoms with Crippen LogP contribution in [0.5, 0.6) is 0 Å². The van der Waals surface area contributed by atoms with Gasteiger partial charge in [0.1, 0.15) is 5.82 Å². The largest absolute Gasteiger partial charge is 0.327 e. The molecule has 0 spiro atoms. The zero-order chi connectivity index (χ0) is 15.1. The van der Waals surface area contributed by atoms with E-state index in [0.29, 0.717) is 11.8 Å². The molecule has 0 saturated carbocycles. The smallest absolute Gasteiger partial charge is 0.115 e. The lowest BCUT2D eigenvalue weighted by atomic mass is 9.95. The maximum atomic E-state index is 4.94. The second kappa shape index (κ2) is 5.23. The van der Waals surface area contributed by atoms with E-state index < -0.39 is 0 Å². The Morgan fingerprint density at radius 2 is 1.75 bits per heavy atom. The van der Waals surface area contributed by atoms with Gasteiger partial charge in [0.15, 0.2) is 0 Å². The minimum atomic E-state index is 0.0753. The maximum absolute atomic E-state index is 4.94. The summed E-state index contributed by atoms with van der Waals surface area (Å²) in [4.78, 5) is 4.94. The molecule has 2 nitrogen and oxygen atoms in total. The van der Waals surface area contributed by atoms with E-state index in [1.165, 1.54) is 16.9 Å². The molecule has 0 amide bonds. The number of benzene rings is 1. The van der Waals surface area contributed by atoms with Gasteiger partial charge in [-0.05, 0) is 29.5 Å². The summed E-state index contributed by atoms with van der Waals surface area (Å²) in [5.74, 6) is 2.37. The van der Waals surface area contributed by atoms with Crippen LogP contribution in [0.1, 0.15) is 65.8 Å². The Kier molecular flexibility index (Phi) is 3.95. The summed E-state index contributed by atoms with van der Waals surface area (Å²) in [6, 6.07) is 6.75. The minimum Gasteiger partial charge on any atom is -0.327 e. The van der Waals surface area contributed by atoms with Crippen molar-refractivity contribution < 1.29 is 0 Å². The summed E-state index contributed by atoms with van der Waals surface area (Å²) in [6.07, 6.45) is 0. The third kappa shape index (κ3) is 2.89. The van der Waals surface area contributed by atoms with E-state index in [1.807, 2.05) is 0 Å². The van der Waals surface area contributed by atoms with Crippen LogP contribution in [0.3, 0.4) is 0 Å². The summed E-state index contributed by atoms with van der Waals surface area (Å²) in [5.41, 5.74) is 3.85. The average Bonchev–Trinajstić information content (AvgIpc) is 2.66. The van der Waals surface area contributed by atoms with Gasteiger partial charge in [-0.3, -0.25) is 0 Å². The molecule has 0 atom stereocenters. The molecule has 1 aromatic carbocycles. The van der Waals surface area contributed by atoms with Crippen molar-refractivity contribution in [1.29, 1.82) is 0 Å². The topological polar surface area (TPSA) is 17.8 Å². The average molecular weight is 272 g/mol. The molecule has 0 aliphatic rings. The van der Waals surface area contributed by atoms with Crippen LogP contribution in [0.2, 0.25) is 0 Å². The second-order valence-corrected chi connectivity index (χ2v) is 7.59. The van der Waals surface area contributed by atoms with E-state index in [4.69, 9.17) is 4.98 Å². The van der Waals surface area contributed by atoms with Crippen LogP contribution in [-0.2, 0) is 12.0 Å². The van der Waals surface area contributed by atoms with E-state index in [-0.39, 0.29) is 5.41 Å². The molecule has 2 heteroatoms. The van der Waals surface area contributed by atoms with Gasteiger partial charge < -0.3 is 4.57 Å². The Morgan fingerprint density at radius 3 is 2.25 bits per heavy atom. The Bertz CT molecular complexity index is 598. The van der Waals surface area contributed by atoms with Crippen LogP contribution in [0.25, 0.3) is 11.0 Å². The lowest BCUT2D eigenvalue weighted by molar-refractivity contribution is 0.459. The van der Waals surface area contributed by atoms with Gasteiger partial charge in [-0.2, -0.15) is 0 Å². The fourth-order valence-corrected chi connectivity index (χ4v) is 2.63. The van der Waals surface area contributed by atoms with Crippen LogP contribution in [0, 0.1) is 5.92 Å². The number of hydrogen-bond donors (Lipinski definition) is 0. The van der Waals surface area contributed by atoms with E-state index in [9.17, 15) is 0 Å². The van der Waals surface area contributed by atoms with E-state index >= 15 is 0 Å². The van der Waals surface area contributed by atoms with Gasteiger partial charge in [-0.25, -0.2) is 4.98 Å². The lowest BCUT2D eigenvalue weighted by Gasteiger charge is -2.21. The van der Waals surface area contributed by atoms with Gasteiger partial charge in [0.25, 0.3) is 0 Å². The second-order valence-electron chi connectivity index (χ2n) is 7.59. The van der Waals surface area contributed by atoms with Crippen molar-refractivity contribution in [2.75, 3.05) is 0 Å². The highest BCUT2D eigenvalue weighted by Gasteiger charge is 2.23. The van der Waals surface area contributed by atoms with Crippen molar-refractivity contribution in [2.45, 2.75) is 66.3 Å². The fraction of sp³-hybridized carbons (Fsp3) is 0.611. The van der Waals surface area contributed by atoms with E-state index in [1.54, 1.807) is 0 Å². The molecule has 1 heterocycles. The maximum Gasteiger partial charge on any atom is 0.115 e. The first-order valence-corrected chi connectivity index (χ1v) is 7.71. The van der Waals surface area contributed by atoms with Gasteiger partial charge in [-0.15, -0.1) is 0 Å². The Labute approximate surface area is 123 Å². The summed E-state index contributed by atoms with van der Waals surface area (Å²) in [6.45, 7) is 16.8. The summed E-state index contributed by atoms with van der Waals surface area (Å²) in [7, 11) is 0. The Balaban J connectivity index is 2.65.